The normalized spacial score (nSPS) is 16.1. The summed E-state index contributed by atoms with van der Waals surface area (Å²) in [5.41, 5.74) is -0.0173. The molecule has 5 rings (SSSR count). The SMILES string of the molecule is Cn1cc(C(=O)O)c(=O)c2cc(F)c(N3CCC(CCNCc4ccc5c(n4)NC(=O)CS5)CC3)nc21. The zero-order valence-corrected chi connectivity index (χ0v) is 21.1. The Balaban J connectivity index is 1.15. The van der Waals surface area contributed by atoms with Crippen LogP contribution in [-0.4, -0.2) is 56.9 Å². The van der Waals surface area contributed by atoms with Crippen LogP contribution in [0.25, 0.3) is 11.0 Å². The van der Waals surface area contributed by atoms with Crippen LogP contribution in [0.1, 0.15) is 35.3 Å². The zero-order chi connectivity index (χ0) is 26.1. The number of anilines is 2. The second kappa shape index (κ2) is 10.5. The molecule has 0 saturated carbocycles. The molecule has 0 unspecified atom stereocenters. The Labute approximate surface area is 216 Å². The third-order valence-corrected chi connectivity index (χ3v) is 7.84. The molecule has 2 aliphatic heterocycles. The summed E-state index contributed by atoms with van der Waals surface area (Å²) in [6.07, 6.45) is 3.97. The summed E-state index contributed by atoms with van der Waals surface area (Å²) in [5.74, 6) is -0.286. The molecule has 12 heteroatoms. The number of nitrogens with zero attached hydrogens (tertiary/aromatic N) is 4. The number of hydrogen-bond acceptors (Lipinski definition) is 8. The minimum atomic E-state index is -1.35. The number of nitrogens with one attached hydrogen (secondary N) is 2. The summed E-state index contributed by atoms with van der Waals surface area (Å²) in [7, 11) is 1.59. The summed E-state index contributed by atoms with van der Waals surface area (Å²) in [5, 5.41) is 15.4. The Morgan fingerprint density at radius 3 is 2.81 bits per heavy atom. The van der Waals surface area contributed by atoms with Gasteiger partial charge in [0, 0.05) is 32.9 Å². The van der Waals surface area contributed by atoms with Crippen LogP contribution in [0.5, 0.6) is 0 Å². The first kappa shape index (κ1) is 25.2. The van der Waals surface area contributed by atoms with Gasteiger partial charge in [0.15, 0.2) is 11.6 Å². The maximum absolute atomic E-state index is 14.9. The maximum atomic E-state index is 14.9. The first-order chi connectivity index (χ1) is 17.8. The largest absolute Gasteiger partial charge is 0.477 e. The Morgan fingerprint density at radius 1 is 1.27 bits per heavy atom. The Hall–Kier alpha value is -3.51. The number of carbonyl (C=O) groups is 2. The van der Waals surface area contributed by atoms with E-state index in [9.17, 15) is 23.9 Å². The van der Waals surface area contributed by atoms with Crippen LogP contribution < -0.4 is 21.0 Å². The average Bonchev–Trinajstić information content (AvgIpc) is 2.88. The molecule has 2 aliphatic rings. The molecule has 0 bridgehead atoms. The van der Waals surface area contributed by atoms with Crippen molar-refractivity contribution in [2.45, 2.75) is 30.7 Å². The molecule has 0 radical (unpaired) electrons. The number of aromatic carboxylic acids is 1. The lowest BCUT2D eigenvalue weighted by atomic mass is 9.93. The third kappa shape index (κ3) is 5.30. The smallest absolute Gasteiger partial charge is 0.341 e. The average molecular weight is 527 g/mol. The number of pyridine rings is 3. The lowest BCUT2D eigenvalue weighted by Crippen LogP contribution is -2.36. The Kier molecular flexibility index (Phi) is 7.11. The molecule has 3 aromatic rings. The number of amides is 1. The number of hydrogen-bond donors (Lipinski definition) is 3. The molecular formula is C25H27FN6O4S. The number of thioether (sulfide) groups is 1. The number of fused-ring (bicyclic) bond motifs is 2. The van der Waals surface area contributed by atoms with Gasteiger partial charge in [-0.2, -0.15) is 0 Å². The van der Waals surface area contributed by atoms with Crippen molar-refractivity contribution in [3.8, 4) is 0 Å². The van der Waals surface area contributed by atoms with Crippen molar-refractivity contribution in [3.63, 3.8) is 0 Å². The number of piperidine rings is 1. The van der Waals surface area contributed by atoms with E-state index in [1.54, 1.807) is 7.05 Å². The van der Waals surface area contributed by atoms with Crippen molar-refractivity contribution in [3.05, 3.63) is 51.7 Å². The summed E-state index contributed by atoms with van der Waals surface area (Å²) < 4.78 is 16.4. The summed E-state index contributed by atoms with van der Waals surface area (Å²) in [6.45, 7) is 2.72. The molecule has 0 spiro atoms. The molecule has 0 aromatic carbocycles. The fourth-order valence-electron chi connectivity index (χ4n) is 4.80. The van der Waals surface area contributed by atoms with Crippen LogP contribution in [-0.2, 0) is 18.4 Å². The lowest BCUT2D eigenvalue weighted by Gasteiger charge is -2.33. The molecular weight excluding hydrogens is 499 g/mol. The molecule has 1 saturated heterocycles. The molecule has 10 nitrogen and oxygen atoms in total. The molecule has 3 aromatic heterocycles. The summed E-state index contributed by atoms with van der Waals surface area (Å²) >= 11 is 1.49. The van der Waals surface area contributed by atoms with Gasteiger partial charge in [0.05, 0.1) is 21.7 Å². The van der Waals surface area contributed by atoms with E-state index in [1.165, 1.54) is 22.5 Å². The van der Waals surface area contributed by atoms with E-state index in [1.807, 2.05) is 17.0 Å². The number of carboxylic acid groups (broad SMARTS) is 1. The maximum Gasteiger partial charge on any atom is 0.341 e. The van der Waals surface area contributed by atoms with Crippen LogP contribution in [0.4, 0.5) is 16.0 Å². The third-order valence-electron chi connectivity index (χ3n) is 6.80. The van der Waals surface area contributed by atoms with E-state index in [0.29, 0.717) is 37.1 Å². The summed E-state index contributed by atoms with van der Waals surface area (Å²) in [6, 6.07) is 5.06. The van der Waals surface area contributed by atoms with Crippen molar-refractivity contribution in [1.29, 1.82) is 0 Å². The number of halogens is 1. The molecule has 0 aliphatic carbocycles. The molecule has 1 fully saturated rings. The van der Waals surface area contributed by atoms with Gasteiger partial charge in [-0.25, -0.2) is 19.2 Å². The zero-order valence-electron chi connectivity index (χ0n) is 20.3. The van der Waals surface area contributed by atoms with Crippen molar-refractivity contribution in [2.24, 2.45) is 13.0 Å². The van der Waals surface area contributed by atoms with Crippen LogP contribution in [0.3, 0.4) is 0 Å². The van der Waals surface area contributed by atoms with E-state index >= 15 is 0 Å². The highest BCUT2D eigenvalue weighted by Gasteiger charge is 2.24. The number of aryl methyl sites for hydroxylation is 1. The minimum Gasteiger partial charge on any atom is -0.477 e. The van der Waals surface area contributed by atoms with Crippen LogP contribution in [0.2, 0.25) is 0 Å². The Morgan fingerprint density at radius 2 is 2.05 bits per heavy atom. The molecule has 37 heavy (non-hydrogen) atoms. The van der Waals surface area contributed by atoms with Gasteiger partial charge in [-0.3, -0.25) is 9.59 Å². The van der Waals surface area contributed by atoms with Crippen LogP contribution >= 0.6 is 11.8 Å². The van der Waals surface area contributed by atoms with Gasteiger partial charge in [0.2, 0.25) is 11.3 Å². The molecule has 194 valence electrons. The fraction of sp³-hybridized carbons (Fsp3) is 0.400. The second-order valence-electron chi connectivity index (χ2n) is 9.33. The highest BCUT2D eigenvalue weighted by atomic mass is 32.2. The number of rotatable bonds is 7. The van der Waals surface area contributed by atoms with Gasteiger partial charge < -0.3 is 25.2 Å². The van der Waals surface area contributed by atoms with Crippen molar-refractivity contribution in [2.75, 3.05) is 35.6 Å². The first-order valence-corrected chi connectivity index (χ1v) is 13.1. The number of carboxylic acids is 1. The van der Waals surface area contributed by atoms with Crippen molar-refractivity contribution < 1.29 is 19.1 Å². The van der Waals surface area contributed by atoms with Gasteiger partial charge >= 0.3 is 5.97 Å². The van der Waals surface area contributed by atoms with Gasteiger partial charge in [-0.15, -0.1) is 11.8 Å². The van der Waals surface area contributed by atoms with Crippen molar-refractivity contribution in [1.82, 2.24) is 19.9 Å². The van der Waals surface area contributed by atoms with Crippen LogP contribution in [0.15, 0.2) is 34.1 Å². The quantitative estimate of drug-likeness (QED) is 0.398. The van der Waals surface area contributed by atoms with E-state index < -0.39 is 22.8 Å². The highest BCUT2D eigenvalue weighted by Crippen LogP contribution is 2.30. The predicted molar refractivity (Wildman–Crippen MR) is 139 cm³/mol. The minimum absolute atomic E-state index is 0.0309. The molecule has 0 atom stereocenters. The lowest BCUT2D eigenvalue weighted by molar-refractivity contribution is -0.113. The van der Waals surface area contributed by atoms with E-state index in [-0.39, 0.29) is 22.8 Å². The van der Waals surface area contributed by atoms with Crippen molar-refractivity contribution >= 4 is 46.3 Å². The number of carbonyl (C=O) groups excluding carboxylic acids is 1. The monoisotopic (exact) mass is 526 g/mol. The molecule has 1 amide bonds. The Bertz CT molecular complexity index is 1440. The second-order valence-corrected chi connectivity index (χ2v) is 10.4. The van der Waals surface area contributed by atoms with Gasteiger partial charge in [0.1, 0.15) is 17.0 Å². The van der Waals surface area contributed by atoms with Gasteiger partial charge in [-0.1, -0.05) is 0 Å². The predicted octanol–water partition coefficient (Wildman–Crippen LogP) is 2.61. The number of aromatic nitrogens is 3. The van der Waals surface area contributed by atoms with E-state index in [2.05, 4.69) is 20.6 Å². The van der Waals surface area contributed by atoms with E-state index in [4.69, 9.17) is 0 Å². The topological polar surface area (TPSA) is 129 Å². The first-order valence-electron chi connectivity index (χ1n) is 12.1. The van der Waals surface area contributed by atoms with E-state index in [0.717, 1.165) is 42.5 Å². The fourth-order valence-corrected chi connectivity index (χ4v) is 5.55. The van der Waals surface area contributed by atoms with Crippen LogP contribution in [0, 0.1) is 11.7 Å². The summed E-state index contributed by atoms with van der Waals surface area (Å²) in [4.78, 5) is 47.2. The highest BCUT2D eigenvalue weighted by molar-refractivity contribution is 8.00. The standard InChI is InChI=1S/C25H27FN6O4S/c1-31-12-17(25(35)36)21(34)16-10-18(26)24(30-23(16)31)32-8-5-14(6-9-32)4-7-27-11-15-2-3-19-22(28-15)29-20(33)13-37-19/h2-3,10,12,14,27H,4-9,11,13H2,1H3,(H,35,36)(H,28,29,33). The van der Waals surface area contributed by atoms with Gasteiger partial charge in [-0.05, 0) is 49.9 Å². The van der Waals surface area contributed by atoms with Gasteiger partial charge in [0.25, 0.3) is 0 Å². The molecule has 5 heterocycles. The molecule has 3 N–H and O–H groups in total.